The van der Waals surface area contributed by atoms with E-state index in [1.807, 2.05) is 0 Å². The average Bonchev–Trinajstić information content (AvgIpc) is 2.71. The van der Waals surface area contributed by atoms with Gasteiger partial charge in [0.15, 0.2) is 0 Å². The molecular formula is C7H15ClN2. The Morgan fingerprint density at radius 3 is 2.40 bits per heavy atom. The van der Waals surface area contributed by atoms with Crippen LogP contribution in [0.2, 0.25) is 0 Å². The summed E-state index contributed by atoms with van der Waals surface area (Å²) in [5.41, 5.74) is 0. The highest BCUT2D eigenvalue weighted by Crippen LogP contribution is 2.32. The number of piperazine rings is 1. The van der Waals surface area contributed by atoms with Crippen LogP contribution in [-0.4, -0.2) is 25.7 Å². The normalized spacial score (nSPS) is 33.0. The number of halogens is 1. The van der Waals surface area contributed by atoms with Crippen LogP contribution in [0.15, 0.2) is 0 Å². The number of rotatable bonds is 1. The van der Waals surface area contributed by atoms with Crippen molar-refractivity contribution in [2.75, 3.05) is 19.6 Å². The van der Waals surface area contributed by atoms with Gasteiger partial charge < -0.3 is 10.6 Å². The monoisotopic (exact) mass is 162 g/mol. The van der Waals surface area contributed by atoms with E-state index in [1.54, 1.807) is 0 Å². The maximum atomic E-state index is 3.52. The van der Waals surface area contributed by atoms with Crippen molar-refractivity contribution in [2.45, 2.75) is 18.9 Å². The van der Waals surface area contributed by atoms with Gasteiger partial charge in [-0.3, -0.25) is 0 Å². The van der Waals surface area contributed by atoms with Gasteiger partial charge in [-0.1, -0.05) is 0 Å². The molecule has 2 nitrogen and oxygen atoms in total. The van der Waals surface area contributed by atoms with Crippen LogP contribution in [0, 0.1) is 5.92 Å². The Kier molecular flexibility index (Phi) is 2.96. The summed E-state index contributed by atoms with van der Waals surface area (Å²) in [4.78, 5) is 0. The zero-order valence-electron chi connectivity index (χ0n) is 6.10. The van der Waals surface area contributed by atoms with Crippen LogP contribution in [0.4, 0.5) is 0 Å². The standard InChI is InChI=1S/C7H14N2.ClH/c1-2-6(1)7-5-8-3-4-9-7;/h6-9H,1-5H2;1H/t7-;/m0./s1. The Labute approximate surface area is 68.2 Å². The highest BCUT2D eigenvalue weighted by Gasteiger charge is 2.31. The Morgan fingerprint density at radius 2 is 1.90 bits per heavy atom. The Bertz CT molecular complexity index is 97.8. The maximum Gasteiger partial charge on any atom is 0.0221 e. The molecule has 1 aliphatic heterocycles. The lowest BCUT2D eigenvalue weighted by Crippen LogP contribution is -2.49. The summed E-state index contributed by atoms with van der Waals surface area (Å²) < 4.78 is 0. The topological polar surface area (TPSA) is 24.1 Å². The average molecular weight is 163 g/mol. The molecule has 2 aliphatic rings. The van der Waals surface area contributed by atoms with Gasteiger partial charge >= 0.3 is 0 Å². The molecule has 0 radical (unpaired) electrons. The predicted octanol–water partition coefficient (Wildman–Crippen LogP) is 0.380. The molecule has 1 atom stereocenters. The van der Waals surface area contributed by atoms with Crippen LogP contribution in [-0.2, 0) is 0 Å². The van der Waals surface area contributed by atoms with E-state index >= 15 is 0 Å². The first-order chi connectivity index (χ1) is 4.47. The van der Waals surface area contributed by atoms with Gasteiger partial charge in [-0.15, -0.1) is 12.4 Å². The van der Waals surface area contributed by atoms with E-state index in [4.69, 9.17) is 0 Å². The third-order valence-corrected chi connectivity index (χ3v) is 2.26. The molecule has 2 rings (SSSR count). The molecule has 0 amide bonds. The minimum Gasteiger partial charge on any atom is -0.314 e. The van der Waals surface area contributed by atoms with Crippen molar-refractivity contribution in [3.63, 3.8) is 0 Å². The van der Waals surface area contributed by atoms with Gasteiger partial charge in [0, 0.05) is 25.7 Å². The molecular weight excluding hydrogens is 148 g/mol. The zero-order chi connectivity index (χ0) is 6.10. The van der Waals surface area contributed by atoms with E-state index in [1.165, 1.54) is 25.9 Å². The summed E-state index contributed by atoms with van der Waals surface area (Å²) in [6.07, 6.45) is 2.92. The van der Waals surface area contributed by atoms with Crippen molar-refractivity contribution < 1.29 is 0 Å². The van der Waals surface area contributed by atoms with Gasteiger partial charge in [0.25, 0.3) is 0 Å². The fourth-order valence-electron chi connectivity index (χ4n) is 1.51. The van der Waals surface area contributed by atoms with Crippen LogP contribution in [0.3, 0.4) is 0 Å². The van der Waals surface area contributed by atoms with Crippen LogP contribution in [0.1, 0.15) is 12.8 Å². The van der Waals surface area contributed by atoms with Gasteiger partial charge in [-0.05, 0) is 18.8 Å². The smallest absolute Gasteiger partial charge is 0.0221 e. The lowest BCUT2D eigenvalue weighted by Gasteiger charge is -2.23. The summed E-state index contributed by atoms with van der Waals surface area (Å²) in [6.45, 7) is 3.52. The summed E-state index contributed by atoms with van der Waals surface area (Å²) in [5.74, 6) is 1.01. The van der Waals surface area contributed by atoms with Crippen molar-refractivity contribution in [1.82, 2.24) is 10.6 Å². The minimum atomic E-state index is 0. The molecule has 0 bridgehead atoms. The number of nitrogens with one attached hydrogen (secondary N) is 2. The molecule has 2 N–H and O–H groups in total. The SMILES string of the molecule is C1CN[C@H](C2CC2)CN1.Cl. The molecule has 0 spiro atoms. The Balaban J connectivity index is 0.000000500. The zero-order valence-corrected chi connectivity index (χ0v) is 6.91. The number of hydrogen-bond donors (Lipinski definition) is 2. The first kappa shape index (κ1) is 8.31. The maximum absolute atomic E-state index is 3.52. The fourth-order valence-corrected chi connectivity index (χ4v) is 1.51. The molecule has 60 valence electrons. The second kappa shape index (κ2) is 3.56. The van der Waals surface area contributed by atoms with E-state index in [0.717, 1.165) is 18.5 Å². The second-order valence-electron chi connectivity index (χ2n) is 3.10. The van der Waals surface area contributed by atoms with Gasteiger partial charge in [0.1, 0.15) is 0 Å². The van der Waals surface area contributed by atoms with Crippen molar-refractivity contribution in [2.24, 2.45) is 5.92 Å². The Morgan fingerprint density at radius 1 is 1.10 bits per heavy atom. The minimum absolute atomic E-state index is 0. The molecule has 1 heterocycles. The third kappa shape index (κ3) is 1.84. The van der Waals surface area contributed by atoms with E-state index in [-0.39, 0.29) is 12.4 Å². The van der Waals surface area contributed by atoms with Gasteiger partial charge in [-0.25, -0.2) is 0 Å². The van der Waals surface area contributed by atoms with Crippen molar-refractivity contribution in [3.8, 4) is 0 Å². The molecule has 1 saturated heterocycles. The lowest BCUT2D eigenvalue weighted by molar-refractivity contribution is 0.385. The molecule has 0 aromatic rings. The summed E-state index contributed by atoms with van der Waals surface area (Å²) >= 11 is 0. The van der Waals surface area contributed by atoms with Crippen LogP contribution in [0.5, 0.6) is 0 Å². The van der Waals surface area contributed by atoms with Gasteiger partial charge in [0.05, 0.1) is 0 Å². The largest absolute Gasteiger partial charge is 0.314 e. The summed E-state index contributed by atoms with van der Waals surface area (Å²) in [7, 11) is 0. The fraction of sp³-hybridized carbons (Fsp3) is 1.00. The van der Waals surface area contributed by atoms with Gasteiger partial charge in [0.2, 0.25) is 0 Å². The van der Waals surface area contributed by atoms with E-state index in [9.17, 15) is 0 Å². The van der Waals surface area contributed by atoms with Gasteiger partial charge in [-0.2, -0.15) is 0 Å². The quantitative estimate of drug-likeness (QED) is 0.583. The summed E-state index contributed by atoms with van der Waals surface area (Å²) in [5, 5.41) is 6.91. The highest BCUT2D eigenvalue weighted by atomic mass is 35.5. The van der Waals surface area contributed by atoms with Crippen LogP contribution >= 0.6 is 12.4 Å². The van der Waals surface area contributed by atoms with Crippen molar-refractivity contribution >= 4 is 12.4 Å². The Hall–Kier alpha value is 0.210. The molecule has 1 aliphatic carbocycles. The molecule has 2 fully saturated rings. The molecule has 0 aromatic carbocycles. The molecule has 0 unspecified atom stereocenters. The van der Waals surface area contributed by atoms with Crippen LogP contribution < -0.4 is 10.6 Å². The molecule has 0 aromatic heterocycles. The predicted molar refractivity (Wildman–Crippen MR) is 44.6 cm³/mol. The van der Waals surface area contributed by atoms with E-state index in [0.29, 0.717) is 0 Å². The number of hydrogen-bond acceptors (Lipinski definition) is 2. The summed E-state index contributed by atoms with van der Waals surface area (Å²) in [6, 6.07) is 0.804. The molecule has 10 heavy (non-hydrogen) atoms. The van der Waals surface area contributed by atoms with Crippen molar-refractivity contribution in [3.05, 3.63) is 0 Å². The van der Waals surface area contributed by atoms with E-state index in [2.05, 4.69) is 10.6 Å². The second-order valence-corrected chi connectivity index (χ2v) is 3.10. The van der Waals surface area contributed by atoms with Crippen LogP contribution in [0.25, 0.3) is 0 Å². The third-order valence-electron chi connectivity index (χ3n) is 2.26. The molecule has 3 heteroatoms. The van der Waals surface area contributed by atoms with E-state index < -0.39 is 0 Å². The lowest BCUT2D eigenvalue weighted by atomic mass is 10.1. The first-order valence-electron chi connectivity index (χ1n) is 3.91. The molecule has 1 saturated carbocycles. The first-order valence-corrected chi connectivity index (χ1v) is 3.91. The van der Waals surface area contributed by atoms with Crippen molar-refractivity contribution in [1.29, 1.82) is 0 Å². The highest BCUT2D eigenvalue weighted by molar-refractivity contribution is 5.85.